The molecule has 3 N–H and O–H groups in total. The van der Waals surface area contributed by atoms with Crippen molar-refractivity contribution in [1.29, 1.82) is 0 Å². The van der Waals surface area contributed by atoms with Gasteiger partial charge in [-0.3, -0.25) is 0 Å². The van der Waals surface area contributed by atoms with Crippen LogP contribution in [0.5, 0.6) is 11.6 Å². The Morgan fingerprint density at radius 1 is 1.53 bits per heavy atom. The average Bonchev–Trinajstić information content (AvgIpc) is 2.29. The minimum atomic E-state index is 0.360. The number of methoxy groups -OCH3 is 1. The number of nitrogens with two attached hydrogens (primary N) is 1. The van der Waals surface area contributed by atoms with Crippen LogP contribution in [0.25, 0.3) is 0 Å². The van der Waals surface area contributed by atoms with Crippen molar-refractivity contribution in [3.63, 3.8) is 0 Å². The summed E-state index contributed by atoms with van der Waals surface area (Å²) in [5, 5.41) is 0. The number of nitrogens with zero attached hydrogens (tertiary/aromatic N) is 2. The highest BCUT2D eigenvalue weighted by atomic mass is 16.5. The SMILES string of the molecule is C/C=C/COc1ncnc(NN)c1OC. The predicted molar refractivity (Wildman–Crippen MR) is 56.7 cm³/mol. The number of anilines is 1. The van der Waals surface area contributed by atoms with Crippen LogP contribution < -0.4 is 20.7 Å². The second-order valence-electron chi connectivity index (χ2n) is 2.59. The minimum absolute atomic E-state index is 0.360. The van der Waals surface area contributed by atoms with E-state index in [1.165, 1.54) is 13.4 Å². The number of hydrogen-bond donors (Lipinski definition) is 2. The van der Waals surface area contributed by atoms with Gasteiger partial charge in [0.15, 0.2) is 5.82 Å². The molecule has 82 valence electrons. The topological polar surface area (TPSA) is 82.3 Å². The van der Waals surface area contributed by atoms with E-state index in [2.05, 4.69) is 15.4 Å². The van der Waals surface area contributed by atoms with Gasteiger partial charge in [0.1, 0.15) is 12.9 Å². The van der Waals surface area contributed by atoms with Gasteiger partial charge in [0, 0.05) is 0 Å². The Balaban J connectivity index is 2.85. The van der Waals surface area contributed by atoms with Crippen LogP contribution >= 0.6 is 0 Å². The fourth-order valence-electron chi connectivity index (χ4n) is 0.970. The van der Waals surface area contributed by atoms with E-state index in [0.29, 0.717) is 24.1 Å². The van der Waals surface area contributed by atoms with Gasteiger partial charge >= 0.3 is 0 Å². The third-order valence-electron chi connectivity index (χ3n) is 1.66. The van der Waals surface area contributed by atoms with Gasteiger partial charge in [0.2, 0.25) is 5.75 Å². The molecule has 1 heterocycles. The number of rotatable bonds is 5. The fraction of sp³-hybridized carbons (Fsp3) is 0.333. The van der Waals surface area contributed by atoms with Crippen LogP contribution in [-0.4, -0.2) is 23.7 Å². The molecule has 1 rings (SSSR count). The Morgan fingerprint density at radius 3 is 2.93 bits per heavy atom. The summed E-state index contributed by atoms with van der Waals surface area (Å²) >= 11 is 0. The van der Waals surface area contributed by atoms with Crippen molar-refractivity contribution in [2.75, 3.05) is 19.1 Å². The van der Waals surface area contributed by atoms with Crippen molar-refractivity contribution in [2.24, 2.45) is 5.84 Å². The Bertz CT molecular complexity index is 341. The van der Waals surface area contributed by atoms with Crippen LogP contribution in [0.2, 0.25) is 0 Å². The summed E-state index contributed by atoms with van der Waals surface area (Å²) in [6, 6.07) is 0. The number of hydrogen-bond acceptors (Lipinski definition) is 6. The van der Waals surface area contributed by atoms with Gasteiger partial charge in [-0.05, 0) is 6.92 Å². The predicted octanol–water partition coefficient (Wildman–Crippen LogP) is 0.726. The summed E-state index contributed by atoms with van der Waals surface area (Å²) in [6.45, 7) is 2.33. The first-order chi connectivity index (χ1) is 7.33. The molecule has 0 atom stereocenters. The molecule has 15 heavy (non-hydrogen) atoms. The van der Waals surface area contributed by atoms with E-state index in [0.717, 1.165) is 0 Å². The number of allylic oxidation sites excluding steroid dienone is 1. The highest BCUT2D eigenvalue weighted by molar-refractivity contribution is 5.54. The summed E-state index contributed by atoms with van der Waals surface area (Å²) < 4.78 is 10.4. The molecule has 6 nitrogen and oxygen atoms in total. The first-order valence-corrected chi connectivity index (χ1v) is 4.43. The quantitative estimate of drug-likeness (QED) is 0.423. The molecule has 0 saturated carbocycles. The van der Waals surface area contributed by atoms with Crippen molar-refractivity contribution in [3.8, 4) is 11.6 Å². The standard InChI is InChI=1S/C9H14N4O2/c1-3-4-5-15-9-7(14-2)8(13-10)11-6-12-9/h3-4,6H,5,10H2,1-2H3,(H,11,12,13)/b4-3+. The number of aromatic nitrogens is 2. The van der Waals surface area contributed by atoms with Gasteiger partial charge in [-0.1, -0.05) is 12.2 Å². The average molecular weight is 210 g/mol. The van der Waals surface area contributed by atoms with E-state index < -0.39 is 0 Å². The lowest BCUT2D eigenvalue weighted by Crippen LogP contribution is -2.11. The normalized spacial score (nSPS) is 10.3. The van der Waals surface area contributed by atoms with Gasteiger partial charge in [0.05, 0.1) is 7.11 Å². The lowest BCUT2D eigenvalue weighted by atomic mass is 10.5. The monoisotopic (exact) mass is 210 g/mol. The van der Waals surface area contributed by atoms with Crippen LogP contribution in [-0.2, 0) is 0 Å². The molecule has 0 amide bonds. The van der Waals surface area contributed by atoms with Crippen LogP contribution in [0.3, 0.4) is 0 Å². The maximum absolute atomic E-state index is 5.35. The molecular formula is C9H14N4O2. The lowest BCUT2D eigenvalue weighted by Gasteiger charge is -2.10. The second-order valence-corrected chi connectivity index (χ2v) is 2.59. The molecule has 0 radical (unpaired) electrons. The fourth-order valence-corrected chi connectivity index (χ4v) is 0.970. The third kappa shape index (κ3) is 2.81. The molecule has 0 unspecified atom stereocenters. The molecule has 0 saturated heterocycles. The molecule has 0 fully saturated rings. The zero-order valence-electron chi connectivity index (χ0n) is 8.73. The van der Waals surface area contributed by atoms with E-state index in [1.807, 2.05) is 19.1 Å². The molecular weight excluding hydrogens is 196 g/mol. The zero-order valence-corrected chi connectivity index (χ0v) is 8.73. The number of hydrazine groups is 1. The summed E-state index contributed by atoms with van der Waals surface area (Å²) in [5.74, 6) is 6.40. The van der Waals surface area contributed by atoms with E-state index in [-0.39, 0.29) is 0 Å². The van der Waals surface area contributed by atoms with Crippen molar-refractivity contribution in [3.05, 3.63) is 18.5 Å². The summed E-state index contributed by atoms with van der Waals surface area (Å²) in [6.07, 6.45) is 5.09. The minimum Gasteiger partial charge on any atom is -0.489 e. The van der Waals surface area contributed by atoms with Crippen molar-refractivity contribution in [2.45, 2.75) is 6.92 Å². The van der Waals surface area contributed by atoms with Crippen LogP contribution in [0.1, 0.15) is 6.92 Å². The molecule has 0 aliphatic carbocycles. The van der Waals surface area contributed by atoms with E-state index in [1.54, 1.807) is 0 Å². The van der Waals surface area contributed by atoms with Gasteiger partial charge in [-0.15, -0.1) is 0 Å². The van der Waals surface area contributed by atoms with Gasteiger partial charge in [-0.2, -0.15) is 4.98 Å². The van der Waals surface area contributed by atoms with Crippen LogP contribution in [0.15, 0.2) is 18.5 Å². The van der Waals surface area contributed by atoms with Gasteiger partial charge in [0.25, 0.3) is 5.88 Å². The van der Waals surface area contributed by atoms with Gasteiger partial charge < -0.3 is 14.9 Å². The van der Waals surface area contributed by atoms with E-state index >= 15 is 0 Å². The van der Waals surface area contributed by atoms with Crippen molar-refractivity contribution in [1.82, 2.24) is 9.97 Å². The Labute approximate surface area is 88.1 Å². The molecule has 0 bridgehead atoms. The summed E-state index contributed by atoms with van der Waals surface area (Å²) in [7, 11) is 1.50. The Hall–Kier alpha value is -1.82. The molecule has 6 heteroatoms. The highest BCUT2D eigenvalue weighted by Crippen LogP contribution is 2.29. The zero-order chi connectivity index (χ0) is 11.1. The maximum Gasteiger partial charge on any atom is 0.262 e. The maximum atomic E-state index is 5.35. The summed E-state index contributed by atoms with van der Waals surface area (Å²) in [4.78, 5) is 7.83. The largest absolute Gasteiger partial charge is 0.489 e. The van der Waals surface area contributed by atoms with Crippen LogP contribution in [0.4, 0.5) is 5.82 Å². The molecule has 0 aromatic carbocycles. The molecule has 0 spiro atoms. The number of nitrogens with one attached hydrogen (secondary N) is 1. The Morgan fingerprint density at radius 2 is 2.33 bits per heavy atom. The highest BCUT2D eigenvalue weighted by Gasteiger charge is 2.11. The second kappa shape index (κ2) is 5.82. The van der Waals surface area contributed by atoms with Crippen molar-refractivity contribution < 1.29 is 9.47 Å². The first kappa shape index (κ1) is 11.3. The third-order valence-corrected chi connectivity index (χ3v) is 1.66. The van der Waals surface area contributed by atoms with Gasteiger partial charge in [-0.25, -0.2) is 10.8 Å². The van der Waals surface area contributed by atoms with E-state index in [9.17, 15) is 0 Å². The van der Waals surface area contributed by atoms with Crippen molar-refractivity contribution >= 4 is 5.82 Å². The van der Waals surface area contributed by atoms with E-state index in [4.69, 9.17) is 15.3 Å². The lowest BCUT2D eigenvalue weighted by molar-refractivity contribution is 0.313. The molecule has 1 aromatic rings. The Kier molecular flexibility index (Phi) is 4.36. The van der Waals surface area contributed by atoms with Crippen LogP contribution in [0, 0.1) is 0 Å². The molecule has 0 aliphatic rings. The summed E-state index contributed by atoms with van der Waals surface area (Å²) in [5.41, 5.74) is 2.40. The first-order valence-electron chi connectivity index (χ1n) is 4.43. The molecule has 0 aliphatic heterocycles. The molecule has 1 aromatic heterocycles. The smallest absolute Gasteiger partial charge is 0.262 e. The number of nitrogen functional groups attached to an aromatic ring is 1. The number of ether oxygens (including phenoxy) is 2.